The van der Waals surface area contributed by atoms with Crippen molar-refractivity contribution in [3.8, 4) is 11.5 Å². The van der Waals surface area contributed by atoms with Crippen molar-refractivity contribution in [2.45, 2.75) is 12.6 Å². The number of thiophene rings is 1. The molecular formula is C17H21N3O3S. The summed E-state index contributed by atoms with van der Waals surface area (Å²) >= 11 is 1.69. The molecular weight excluding hydrogens is 326 g/mol. The first kappa shape index (κ1) is 16.6. The van der Waals surface area contributed by atoms with Crippen LogP contribution in [0, 0.1) is 0 Å². The number of nitrogens with one attached hydrogen (secondary N) is 2. The van der Waals surface area contributed by atoms with Crippen LogP contribution in [-0.4, -0.2) is 38.4 Å². The Bertz CT molecular complexity index is 688. The molecule has 0 unspecified atom stereocenters. The number of urea groups is 1. The molecule has 7 heteroatoms. The fraction of sp³-hybridized carbons (Fsp3) is 0.353. The number of likely N-dealkylation sites (N-methyl/N-ethyl adjacent to an activating group) is 1. The summed E-state index contributed by atoms with van der Waals surface area (Å²) in [5.41, 5.74) is 0.969. The Morgan fingerprint density at radius 2 is 2.08 bits per heavy atom. The molecule has 0 saturated heterocycles. The average Bonchev–Trinajstić information content (AvgIpc) is 3.23. The van der Waals surface area contributed by atoms with E-state index in [0.717, 1.165) is 17.1 Å². The Morgan fingerprint density at radius 1 is 1.25 bits per heavy atom. The maximum Gasteiger partial charge on any atom is 0.315 e. The van der Waals surface area contributed by atoms with Crippen LogP contribution < -0.4 is 20.1 Å². The molecule has 1 atom stereocenters. The second kappa shape index (κ2) is 7.55. The predicted octanol–water partition coefficient (Wildman–Crippen LogP) is 2.58. The molecule has 1 aliphatic rings. The minimum atomic E-state index is -0.184. The topological polar surface area (TPSA) is 62.8 Å². The number of rotatable bonds is 6. The minimum absolute atomic E-state index is 0.168. The number of hydrogen-bond acceptors (Lipinski definition) is 5. The van der Waals surface area contributed by atoms with Crippen molar-refractivity contribution in [2.24, 2.45) is 0 Å². The molecule has 0 fully saturated rings. The molecule has 6 nitrogen and oxygen atoms in total. The molecule has 0 radical (unpaired) electrons. The van der Waals surface area contributed by atoms with Gasteiger partial charge in [0.1, 0.15) is 0 Å². The quantitative estimate of drug-likeness (QED) is 0.843. The second-order valence-electron chi connectivity index (χ2n) is 5.75. The van der Waals surface area contributed by atoms with E-state index in [-0.39, 0.29) is 18.9 Å². The number of carbonyl (C=O) groups excluding carboxylic acids is 1. The second-order valence-corrected chi connectivity index (χ2v) is 6.73. The Labute approximate surface area is 145 Å². The minimum Gasteiger partial charge on any atom is -0.454 e. The van der Waals surface area contributed by atoms with Gasteiger partial charge in [-0.2, -0.15) is 0 Å². The van der Waals surface area contributed by atoms with E-state index in [1.807, 2.05) is 43.7 Å². The van der Waals surface area contributed by atoms with Gasteiger partial charge in [0.15, 0.2) is 11.5 Å². The van der Waals surface area contributed by atoms with Crippen molar-refractivity contribution in [3.05, 3.63) is 46.2 Å². The van der Waals surface area contributed by atoms with Crippen LogP contribution >= 0.6 is 11.3 Å². The van der Waals surface area contributed by atoms with E-state index < -0.39 is 0 Å². The summed E-state index contributed by atoms with van der Waals surface area (Å²) in [4.78, 5) is 15.4. The number of ether oxygens (including phenoxy) is 2. The molecule has 0 saturated carbocycles. The maximum absolute atomic E-state index is 12.1. The molecule has 1 aromatic heterocycles. The van der Waals surface area contributed by atoms with Crippen LogP contribution in [0.5, 0.6) is 11.5 Å². The van der Waals surface area contributed by atoms with Gasteiger partial charge >= 0.3 is 6.03 Å². The third kappa shape index (κ3) is 3.98. The summed E-state index contributed by atoms with van der Waals surface area (Å²) in [6, 6.07) is 9.75. The summed E-state index contributed by atoms with van der Waals surface area (Å²) in [6.07, 6.45) is 0. The van der Waals surface area contributed by atoms with Gasteiger partial charge in [0, 0.05) is 18.0 Å². The van der Waals surface area contributed by atoms with Gasteiger partial charge < -0.3 is 25.0 Å². The van der Waals surface area contributed by atoms with Crippen LogP contribution in [0.4, 0.5) is 4.79 Å². The fourth-order valence-electron chi connectivity index (χ4n) is 2.50. The Balaban J connectivity index is 1.49. The third-order valence-electron chi connectivity index (χ3n) is 3.84. The smallest absolute Gasteiger partial charge is 0.315 e. The van der Waals surface area contributed by atoms with E-state index in [4.69, 9.17) is 9.47 Å². The van der Waals surface area contributed by atoms with Gasteiger partial charge in [0.05, 0.1) is 6.04 Å². The molecule has 1 aliphatic heterocycles. The fourth-order valence-corrected chi connectivity index (χ4v) is 3.43. The summed E-state index contributed by atoms with van der Waals surface area (Å²) < 4.78 is 10.6. The average molecular weight is 347 g/mol. The summed E-state index contributed by atoms with van der Waals surface area (Å²) in [7, 11) is 4.02. The van der Waals surface area contributed by atoms with Crippen LogP contribution in [-0.2, 0) is 6.54 Å². The summed E-state index contributed by atoms with van der Waals surface area (Å²) in [5.74, 6) is 1.47. The van der Waals surface area contributed by atoms with Crippen molar-refractivity contribution in [3.63, 3.8) is 0 Å². The number of nitrogens with zero attached hydrogens (tertiary/aromatic N) is 1. The molecule has 0 aliphatic carbocycles. The van der Waals surface area contributed by atoms with E-state index in [2.05, 4.69) is 21.6 Å². The first-order valence-electron chi connectivity index (χ1n) is 7.73. The van der Waals surface area contributed by atoms with Crippen molar-refractivity contribution in [2.75, 3.05) is 27.4 Å². The standard InChI is InChI=1S/C17H21N3O3S/c1-20(2)13(16-4-3-7-24-16)10-19-17(21)18-9-12-5-6-14-15(8-12)23-11-22-14/h3-8,13H,9-11H2,1-2H3,(H2,18,19,21)/t13-/m0/s1. The van der Waals surface area contributed by atoms with Crippen molar-refractivity contribution in [1.82, 2.24) is 15.5 Å². The van der Waals surface area contributed by atoms with E-state index in [9.17, 15) is 4.79 Å². The molecule has 2 N–H and O–H groups in total. The number of benzene rings is 1. The highest BCUT2D eigenvalue weighted by molar-refractivity contribution is 7.10. The lowest BCUT2D eigenvalue weighted by atomic mass is 10.2. The van der Waals surface area contributed by atoms with Gasteiger partial charge in [-0.3, -0.25) is 0 Å². The Kier molecular flexibility index (Phi) is 5.22. The molecule has 1 aromatic carbocycles. The third-order valence-corrected chi connectivity index (χ3v) is 4.81. The highest BCUT2D eigenvalue weighted by Crippen LogP contribution is 2.32. The molecule has 3 rings (SSSR count). The Hall–Kier alpha value is -2.25. The van der Waals surface area contributed by atoms with Crippen LogP contribution in [0.15, 0.2) is 35.7 Å². The van der Waals surface area contributed by atoms with Crippen LogP contribution in [0.25, 0.3) is 0 Å². The van der Waals surface area contributed by atoms with Crippen molar-refractivity contribution >= 4 is 17.4 Å². The highest BCUT2D eigenvalue weighted by Gasteiger charge is 2.16. The zero-order valence-electron chi connectivity index (χ0n) is 13.7. The normalized spacial score (nSPS) is 13.8. The largest absolute Gasteiger partial charge is 0.454 e. The van der Waals surface area contributed by atoms with Crippen LogP contribution in [0.1, 0.15) is 16.5 Å². The van der Waals surface area contributed by atoms with Gasteiger partial charge in [0.2, 0.25) is 6.79 Å². The van der Waals surface area contributed by atoms with Crippen LogP contribution in [0.2, 0.25) is 0 Å². The van der Waals surface area contributed by atoms with E-state index in [1.165, 1.54) is 4.88 Å². The number of carbonyl (C=O) groups is 1. The molecule has 0 bridgehead atoms. The Morgan fingerprint density at radius 3 is 2.83 bits per heavy atom. The lowest BCUT2D eigenvalue weighted by molar-refractivity contribution is 0.174. The SMILES string of the molecule is CN(C)[C@@H](CNC(=O)NCc1ccc2c(c1)OCO2)c1cccs1. The predicted molar refractivity (Wildman–Crippen MR) is 93.6 cm³/mol. The van der Waals surface area contributed by atoms with E-state index >= 15 is 0 Å². The highest BCUT2D eigenvalue weighted by atomic mass is 32.1. The van der Waals surface area contributed by atoms with Crippen molar-refractivity contribution in [1.29, 1.82) is 0 Å². The lowest BCUT2D eigenvalue weighted by Gasteiger charge is -2.23. The molecule has 0 spiro atoms. The maximum atomic E-state index is 12.1. The zero-order valence-corrected chi connectivity index (χ0v) is 14.6. The summed E-state index contributed by atoms with van der Waals surface area (Å²) in [5, 5.41) is 7.85. The molecule has 2 heterocycles. The van der Waals surface area contributed by atoms with Gasteiger partial charge in [-0.1, -0.05) is 12.1 Å². The monoisotopic (exact) mass is 347 g/mol. The molecule has 128 valence electrons. The number of fused-ring (bicyclic) bond motifs is 1. The van der Waals surface area contributed by atoms with Gasteiger partial charge in [0.25, 0.3) is 0 Å². The molecule has 2 amide bonds. The zero-order chi connectivity index (χ0) is 16.9. The number of hydrogen-bond donors (Lipinski definition) is 2. The first-order chi connectivity index (χ1) is 11.6. The molecule has 2 aromatic rings. The van der Waals surface area contributed by atoms with E-state index in [1.54, 1.807) is 11.3 Å². The van der Waals surface area contributed by atoms with E-state index in [0.29, 0.717) is 13.1 Å². The summed E-state index contributed by atoms with van der Waals surface area (Å²) in [6.45, 7) is 1.25. The molecule has 24 heavy (non-hydrogen) atoms. The first-order valence-corrected chi connectivity index (χ1v) is 8.61. The van der Waals surface area contributed by atoms with Crippen molar-refractivity contribution < 1.29 is 14.3 Å². The van der Waals surface area contributed by atoms with Gasteiger partial charge in [-0.25, -0.2) is 4.79 Å². The number of amides is 2. The van der Waals surface area contributed by atoms with Crippen LogP contribution in [0.3, 0.4) is 0 Å². The van der Waals surface area contributed by atoms with Gasteiger partial charge in [-0.15, -0.1) is 11.3 Å². The lowest BCUT2D eigenvalue weighted by Crippen LogP contribution is -2.40. The van der Waals surface area contributed by atoms with Gasteiger partial charge in [-0.05, 0) is 43.2 Å².